The molecule has 0 bridgehead atoms. The summed E-state index contributed by atoms with van der Waals surface area (Å²) < 4.78 is 0. The maximum atomic E-state index is 10.4. The first-order valence-corrected chi connectivity index (χ1v) is 9.53. The summed E-state index contributed by atoms with van der Waals surface area (Å²) in [6, 6.07) is 11.4. The lowest BCUT2D eigenvalue weighted by Gasteiger charge is -2.26. The highest BCUT2D eigenvalue weighted by Crippen LogP contribution is 2.28. The van der Waals surface area contributed by atoms with Crippen LogP contribution < -0.4 is 9.80 Å². The molecular formula is C22H34N4O2. The summed E-state index contributed by atoms with van der Waals surface area (Å²) >= 11 is 0. The molecular weight excluding hydrogens is 352 g/mol. The van der Waals surface area contributed by atoms with Gasteiger partial charge in [0.15, 0.2) is 0 Å². The van der Waals surface area contributed by atoms with Gasteiger partial charge >= 0.3 is 0 Å². The predicted molar refractivity (Wildman–Crippen MR) is 118 cm³/mol. The smallest absolute Gasteiger partial charge is 0.120 e. The van der Waals surface area contributed by atoms with Crippen LogP contribution in [-0.4, -0.2) is 75.4 Å². The van der Waals surface area contributed by atoms with Crippen molar-refractivity contribution in [1.29, 1.82) is 0 Å². The summed E-state index contributed by atoms with van der Waals surface area (Å²) in [5.41, 5.74) is 3.87. The number of nitrogens with zero attached hydrogens (tertiary/aromatic N) is 4. The molecule has 0 heterocycles. The summed E-state index contributed by atoms with van der Waals surface area (Å²) in [5.74, 6) is 0.596. The minimum absolute atomic E-state index is 0.298. The zero-order chi connectivity index (χ0) is 20.8. The van der Waals surface area contributed by atoms with Crippen molar-refractivity contribution in [2.24, 2.45) is 0 Å². The van der Waals surface area contributed by atoms with Crippen molar-refractivity contribution >= 4 is 11.4 Å². The van der Waals surface area contributed by atoms with Crippen LogP contribution in [0.3, 0.4) is 0 Å². The Kier molecular flexibility index (Phi) is 7.54. The lowest BCUT2D eigenvalue weighted by Crippen LogP contribution is -2.31. The van der Waals surface area contributed by atoms with Crippen molar-refractivity contribution in [3.05, 3.63) is 47.5 Å². The number of phenolic OH excluding ortho intramolecular Hbond substituents is 2. The third kappa shape index (κ3) is 6.04. The van der Waals surface area contributed by atoms with Gasteiger partial charge in [-0.15, -0.1) is 0 Å². The molecule has 0 atom stereocenters. The van der Waals surface area contributed by atoms with E-state index in [4.69, 9.17) is 0 Å². The molecule has 6 nitrogen and oxygen atoms in total. The van der Waals surface area contributed by atoms with E-state index in [-0.39, 0.29) is 0 Å². The molecule has 0 aliphatic heterocycles. The molecule has 0 unspecified atom stereocenters. The van der Waals surface area contributed by atoms with E-state index in [1.807, 2.05) is 76.4 Å². The van der Waals surface area contributed by atoms with Gasteiger partial charge in [0.05, 0.1) is 0 Å². The number of aromatic hydroxyl groups is 2. The van der Waals surface area contributed by atoms with Crippen LogP contribution in [-0.2, 0) is 13.1 Å². The second kappa shape index (κ2) is 9.66. The minimum atomic E-state index is 0.298. The van der Waals surface area contributed by atoms with E-state index in [0.717, 1.165) is 35.6 Å². The molecule has 0 amide bonds. The Hall–Kier alpha value is -2.44. The minimum Gasteiger partial charge on any atom is -0.508 e. The van der Waals surface area contributed by atoms with Crippen molar-refractivity contribution in [1.82, 2.24) is 9.80 Å². The molecule has 0 radical (unpaired) electrons. The van der Waals surface area contributed by atoms with Gasteiger partial charge in [0.1, 0.15) is 11.5 Å². The second-order valence-corrected chi connectivity index (χ2v) is 7.93. The monoisotopic (exact) mass is 386 g/mol. The number of likely N-dealkylation sites (N-methyl/N-ethyl adjacent to an activating group) is 1. The van der Waals surface area contributed by atoms with E-state index >= 15 is 0 Å². The Balaban J connectivity index is 2.28. The average molecular weight is 387 g/mol. The Morgan fingerprint density at radius 1 is 0.643 bits per heavy atom. The van der Waals surface area contributed by atoms with Gasteiger partial charge < -0.3 is 24.9 Å². The molecule has 2 N–H and O–H groups in total. The number of phenols is 2. The van der Waals surface area contributed by atoms with Gasteiger partial charge in [-0.25, -0.2) is 0 Å². The maximum absolute atomic E-state index is 10.4. The number of benzene rings is 2. The quantitative estimate of drug-likeness (QED) is 0.691. The fourth-order valence-electron chi connectivity index (χ4n) is 2.99. The first-order valence-electron chi connectivity index (χ1n) is 9.53. The summed E-state index contributed by atoms with van der Waals surface area (Å²) in [6.45, 7) is 2.92. The maximum Gasteiger partial charge on any atom is 0.120 e. The molecule has 0 aliphatic carbocycles. The third-order valence-electron chi connectivity index (χ3n) is 4.81. The van der Waals surface area contributed by atoms with Gasteiger partial charge in [0, 0.05) is 76.9 Å². The predicted octanol–water partition coefficient (Wildman–Crippen LogP) is 2.79. The highest BCUT2D eigenvalue weighted by molar-refractivity contribution is 5.53. The third-order valence-corrected chi connectivity index (χ3v) is 4.81. The van der Waals surface area contributed by atoms with Crippen LogP contribution in [0.25, 0.3) is 0 Å². The molecule has 154 valence electrons. The second-order valence-electron chi connectivity index (χ2n) is 7.93. The van der Waals surface area contributed by atoms with Crippen molar-refractivity contribution in [2.75, 3.05) is 65.2 Å². The topological polar surface area (TPSA) is 53.4 Å². The van der Waals surface area contributed by atoms with Crippen molar-refractivity contribution in [3.63, 3.8) is 0 Å². The molecule has 0 saturated heterocycles. The van der Waals surface area contributed by atoms with Crippen LogP contribution in [0, 0.1) is 0 Å². The van der Waals surface area contributed by atoms with Crippen LogP contribution in [0.2, 0.25) is 0 Å². The van der Waals surface area contributed by atoms with Gasteiger partial charge in [0.25, 0.3) is 0 Å². The van der Waals surface area contributed by atoms with Gasteiger partial charge in [-0.05, 0) is 50.5 Å². The van der Waals surface area contributed by atoms with Gasteiger partial charge in [-0.3, -0.25) is 4.90 Å². The van der Waals surface area contributed by atoms with E-state index < -0.39 is 0 Å². The van der Waals surface area contributed by atoms with Crippen LogP contribution in [0.5, 0.6) is 11.5 Å². The van der Waals surface area contributed by atoms with Crippen molar-refractivity contribution in [3.8, 4) is 11.5 Å². The fourth-order valence-corrected chi connectivity index (χ4v) is 2.99. The van der Waals surface area contributed by atoms with Crippen LogP contribution in [0.15, 0.2) is 36.4 Å². The Bertz CT molecular complexity index is 716. The molecule has 0 saturated carbocycles. The number of hydrogen-bond donors (Lipinski definition) is 2. The Morgan fingerprint density at radius 2 is 1.07 bits per heavy atom. The van der Waals surface area contributed by atoms with E-state index in [1.54, 1.807) is 12.1 Å². The molecule has 0 aliphatic rings. The molecule has 6 heteroatoms. The van der Waals surface area contributed by atoms with Crippen LogP contribution in [0.4, 0.5) is 11.4 Å². The molecule has 2 rings (SSSR count). The largest absolute Gasteiger partial charge is 0.508 e. The highest BCUT2D eigenvalue weighted by Gasteiger charge is 2.14. The number of hydrogen-bond acceptors (Lipinski definition) is 6. The average Bonchev–Trinajstić information content (AvgIpc) is 2.62. The summed E-state index contributed by atoms with van der Waals surface area (Å²) in [6.07, 6.45) is 0. The SMILES string of the molecule is CN(C)CCN(Cc1cc(N(C)C)ccc1O)Cc1cc(N(C)C)ccc1O. The molecule has 0 aromatic heterocycles. The lowest BCUT2D eigenvalue weighted by molar-refractivity contribution is 0.221. The molecule has 2 aromatic carbocycles. The normalized spacial score (nSPS) is 11.3. The van der Waals surface area contributed by atoms with Crippen molar-refractivity contribution < 1.29 is 10.2 Å². The zero-order valence-electron chi connectivity index (χ0n) is 18.0. The highest BCUT2D eigenvalue weighted by atomic mass is 16.3. The molecule has 0 fully saturated rings. The zero-order valence-corrected chi connectivity index (χ0v) is 18.0. The van der Waals surface area contributed by atoms with E-state index in [0.29, 0.717) is 24.6 Å². The first kappa shape index (κ1) is 21.9. The van der Waals surface area contributed by atoms with Gasteiger partial charge in [0.2, 0.25) is 0 Å². The molecule has 0 spiro atoms. The fraction of sp³-hybridized carbons (Fsp3) is 0.455. The standard InChI is InChI=1S/C22H34N4O2/c1-23(2)11-12-26(15-17-13-19(24(3)4)7-9-21(17)27)16-18-14-20(25(5)6)8-10-22(18)28/h7-10,13-14,27-28H,11-12,15-16H2,1-6H3. The van der Waals surface area contributed by atoms with E-state index in [9.17, 15) is 10.2 Å². The molecule has 28 heavy (non-hydrogen) atoms. The summed E-state index contributed by atoms with van der Waals surface area (Å²) in [7, 11) is 12.1. The van der Waals surface area contributed by atoms with Crippen LogP contribution >= 0.6 is 0 Å². The summed E-state index contributed by atoms with van der Waals surface area (Å²) in [4.78, 5) is 8.45. The van der Waals surface area contributed by atoms with E-state index in [1.165, 1.54) is 0 Å². The number of rotatable bonds is 9. The molecule has 2 aromatic rings. The summed E-state index contributed by atoms with van der Waals surface area (Å²) in [5, 5.41) is 20.7. The lowest BCUT2D eigenvalue weighted by atomic mass is 10.1. The van der Waals surface area contributed by atoms with E-state index in [2.05, 4.69) is 9.80 Å². The first-order chi connectivity index (χ1) is 13.2. The van der Waals surface area contributed by atoms with Crippen molar-refractivity contribution in [2.45, 2.75) is 13.1 Å². The van der Waals surface area contributed by atoms with Crippen LogP contribution in [0.1, 0.15) is 11.1 Å². The Labute approximate surface area is 169 Å². The number of anilines is 2. The Morgan fingerprint density at radius 3 is 1.43 bits per heavy atom. The van der Waals surface area contributed by atoms with Gasteiger partial charge in [-0.2, -0.15) is 0 Å². The van der Waals surface area contributed by atoms with Gasteiger partial charge in [-0.1, -0.05) is 0 Å².